The van der Waals surface area contributed by atoms with Crippen molar-refractivity contribution in [2.45, 2.75) is 47.9 Å². The van der Waals surface area contributed by atoms with Crippen LogP contribution in [0, 0.1) is 0 Å². The van der Waals surface area contributed by atoms with Gasteiger partial charge in [0, 0.05) is 17.5 Å². The average molecular weight is 395 g/mol. The Balaban J connectivity index is 1.41. The van der Waals surface area contributed by atoms with Gasteiger partial charge in [-0.3, -0.25) is 4.79 Å². The first kappa shape index (κ1) is 17.5. The zero-order valence-electron chi connectivity index (χ0n) is 15.3. The van der Waals surface area contributed by atoms with Crippen LogP contribution in [0.2, 0.25) is 0 Å². The van der Waals surface area contributed by atoms with Crippen LogP contribution in [0.15, 0.2) is 70.0 Å². The summed E-state index contributed by atoms with van der Waals surface area (Å²) in [4.78, 5) is 15.4. The molecule has 28 heavy (non-hydrogen) atoms. The van der Waals surface area contributed by atoms with Crippen LogP contribution in [-0.4, -0.2) is 36.6 Å². The van der Waals surface area contributed by atoms with Crippen LogP contribution >= 0.6 is 0 Å². The third-order valence-corrected chi connectivity index (χ3v) is 8.26. The molecule has 2 aliphatic rings. The molecule has 144 valence electrons. The maximum Gasteiger partial charge on any atom is 0.290 e. The van der Waals surface area contributed by atoms with Crippen LogP contribution in [0.1, 0.15) is 36.2 Å². The fourth-order valence-electron chi connectivity index (χ4n) is 4.73. The molecule has 2 aliphatic heterocycles. The second-order valence-electron chi connectivity index (χ2n) is 7.70. The van der Waals surface area contributed by atoms with E-state index in [0.29, 0.717) is 29.1 Å². The molecule has 2 unspecified atom stereocenters. The Bertz CT molecular complexity index is 1090. The number of benzene rings is 2. The van der Waals surface area contributed by atoms with Gasteiger partial charge in [-0.05, 0) is 49.9 Å². The molecule has 3 heterocycles. The maximum atomic E-state index is 13.1. The molecule has 0 saturated carbocycles. The number of para-hydroxylation sites is 1. The number of nitrogens with zero attached hydrogens (tertiary/aromatic N) is 1. The van der Waals surface area contributed by atoms with Gasteiger partial charge >= 0.3 is 0 Å². The lowest BCUT2D eigenvalue weighted by Gasteiger charge is -2.38. The van der Waals surface area contributed by atoms with E-state index in [2.05, 4.69) is 0 Å². The molecule has 2 atom stereocenters. The van der Waals surface area contributed by atoms with Crippen molar-refractivity contribution in [1.82, 2.24) is 4.90 Å². The van der Waals surface area contributed by atoms with E-state index in [1.54, 1.807) is 30.3 Å². The molecule has 0 aliphatic carbocycles. The summed E-state index contributed by atoms with van der Waals surface area (Å²) in [5, 5.41) is 0.465. The van der Waals surface area contributed by atoms with Crippen molar-refractivity contribution in [3.63, 3.8) is 0 Å². The smallest absolute Gasteiger partial charge is 0.290 e. The summed E-state index contributed by atoms with van der Waals surface area (Å²) in [7, 11) is -3.38. The van der Waals surface area contributed by atoms with Crippen LogP contribution in [0.5, 0.6) is 0 Å². The molecule has 6 heteroatoms. The zero-order chi connectivity index (χ0) is 19.3. The quantitative estimate of drug-likeness (QED) is 0.671. The first-order valence-electron chi connectivity index (χ1n) is 9.64. The van der Waals surface area contributed by atoms with Gasteiger partial charge < -0.3 is 9.32 Å². The molecule has 2 bridgehead atoms. The van der Waals surface area contributed by atoms with Crippen molar-refractivity contribution in [2.24, 2.45) is 0 Å². The van der Waals surface area contributed by atoms with E-state index < -0.39 is 15.1 Å². The minimum atomic E-state index is -3.38. The highest BCUT2D eigenvalue weighted by atomic mass is 32.2. The lowest BCUT2D eigenvalue weighted by molar-refractivity contribution is 0.0568. The lowest BCUT2D eigenvalue weighted by Crippen LogP contribution is -2.49. The molecule has 0 radical (unpaired) electrons. The summed E-state index contributed by atoms with van der Waals surface area (Å²) < 4.78 is 31.9. The van der Waals surface area contributed by atoms with E-state index in [-0.39, 0.29) is 18.0 Å². The van der Waals surface area contributed by atoms with Crippen molar-refractivity contribution in [2.75, 3.05) is 0 Å². The molecule has 0 N–H and O–H groups in total. The van der Waals surface area contributed by atoms with Crippen LogP contribution < -0.4 is 0 Å². The molecule has 2 aromatic carbocycles. The summed E-state index contributed by atoms with van der Waals surface area (Å²) in [5.74, 6) is 0.210. The molecule has 5 nitrogen and oxygen atoms in total. The second kappa shape index (κ2) is 6.48. The van der Waals surface area contributed by atoms with Gasteiger partial charge in [0.2, 0.25) is 0 Å². The molecule has 2 saturated heterocycles. The Hall–Kier alpha value is -2.60. The van der Waals surface area contributed by atoms with Crippen molar-refractivity contribution in [1.29, 1.82) is 0 Å². The third-order valence-electron chi connectivity index (χ3n) is 6.07. The highest BCUT2D eigenvalue weighted by Crippen LogP contribution is 2.41. The minimum absolute atomic E-state index is 0.0528. The zero-order valence-corrected chi connectivity index (χ0v) is 16.1. The summed E-state index contributed by atoms with van der Waals surface area (Å²) in [6.45, 7) is 0. The summed E-state index contributed by atoms with van der Waals surface area (Å²) >= 11 is 0. The van der Waals surface area contributed by atoms with Crippen LogP contribution in [-0.2, 0) is 9.84 Å². The fourth-order valence-corrected chi connectivity index (χ4v) is 6.60. The molecule has 0 spiro atoms. The number of hydrogen-bond acceptors (Lipinski definition) is 4. The van der Waals surface area contributed by atoms with Crippen molar-refractivity contribution in [3.8, 4) is 0 Å². The van der Waals surface area contributed by atoms with Crippen molar-refractivity contribution >= 4 is 26.7 Å². The number of hydrogen-bond donors (Lipinski definition) is 0. The predicted octanol–water partition coefficient (Wildman–Crippen LogP) is 4.04. The van der Waals surface area contributed by atoms with Gasteiger partial charge in [0.25, 0.3) is 5.91 Å². The summed E-state index contributed by atoms with van der Waals surface area (Å²) in [6.07, 6.45) is 2.66. The Labute approximate surface area is 163 Å². The number of fused-ring (bicyclic) bond motifs is 3. The molecule has 1 aromatic heterocycles. The minimum Gasteiger partial charge on any atom is -0.451 e. The number of furan rings is 1. The fraction of sp³-hybridized carbons (Fsp3) is 0.318. The van der Waals surface area contributed by atoms with Gasteiger partial charge in [0.05, 0.1) is 10.1 Å². The van der Waals surface area contributed by atoms with Gasteiger partial charge in [0.1, 0.15) is 5.58 Å². The summed E-state index contributed by atoms with van der Waals surface area (Å²) in [6, 6.07) is 17.9. The standard InChI is InChI=1S/C22H21NO4S/c24-22(21-12-15-6-4-5-9-20(15)27-21)23-16-10-11-17(23)14-19(13-16)28(25,26)18-7-2-1-3-8-18/h1-9,12,16-17,19H,10-11,13-14H2. The van der Waals surface area contributed by atoms with Gasteiger partial charge in [-0.1, -0.05) is 36.4 Å². The van der Waals surface area contributed by atoms with Gasteiger partial charge in [-0.25, -0.2) is 8.42 Å². The van der Waals surface area contributed by atoms with E-state index in [1.165, 1.54) is 0 Å². The van der Waals surface area contributed by atoms with Crippen molar-refractivity contribution in [3.05, 3.63) is 66.4 Å². The Kier molecular flexibility index (Phi) is 4.05. The normalized spacial score (nSPS) is 24.6. The highest BCUT2D eigenvalue weighted by molar-refractivity contribution is 7.92. The predicted molar refractivity (Wildman–Crippen MR) is 106 cm³/mol. The molecule has 5 rings (SSSR count). The SMILES string of the molecule is O=C(c1cc2ccccc2o1)N1C2CCC1CC(S(=O)(=O)c1ccccc1)C2. The van der Waals surface area contributed by atoms with E-state index in [0.717, 1.165) is 18.2 Å². The number of sulfone groups is 1. The topological polar surface area (TPSA) is 67.6 Å². The Morgan fingerprint density at radius 3 is 2.25 bits per heavy atom. The van der Waals surface area contributed by atoms with Gasteiger partial charge in [0.15, 0.2) is 15.6 Å². The summed E-state index contributed by atoms with van der Waals surface area (Å²) in [5.41, 5.74) is 0.694. The first-order valence-corrected chi connectivity index (χ1v) is 11.2. The lowest BCUT2D eigenvalue weighted by atomic mass is 10.0. The average Bonchev–Trinajstić information content (AvgIpc) is 3.26. The van der Waals surface area contributed by atoms with Crippen molar-refractivity contribution < 1.29 is 17.6 Å². The number of carbonyl (C=O) groups excluding carboxylic acids is 1. The van der Waals surface area contributed by atoms with E-state index >= 15 is 0 Å². The molecular weight excluding hydrogens is 374 g/mol. The highest BCUT2D eigenvalue weighted by Gasteiger charge is 2.47. The van der Waals surface area contributed by atoms with Crippen LogP contribution in [0.3, 0.4) is 0 Å². The van der Waals surface area contributed by atoms with E-state index in [9.17, 15) is 13.2 Å². The van der Waals surface area contributed by atoms with Crippen LogP contribution in [0.25, 0.3) is 11.0 Å². The molecule has 1 amide bonds. The van der Waals surface area contributed by atoms with Gasteiger partial charge in [-0.15, -0.1) is 0 Å². The Morgan fingerprint density at radius 2 is 1.57 bits per heavy atom. The Morgan fingerprint density at radius 1 is 0.929 bits per heavy atom. The molecular formula is C22H21NO4S. The van der Waals surface area contributed by atoms with Gasteiger partial charge in [-0.2, -0.15) is 0 Å². The molecule has 2 fully saturated rings. The van der Waals surface area contributed by atoms with E-state index in [1.807, 2.05) is 35.2 Å². The van der Waals surface area contributed by atoms with E-state index in [4.69, 9.17) is 4.42 Å². The number of rotatable bonds is 3. The monoisotopic (exact) mass is 395 g/mol. The number of amides is 1. The molecule has 3 aromatic rings. The third kappa shape index (κ3) is 2.75. The number of carbonyl (C=O) groups is 1. The first-order chi connectivity index (χ1) is 13.5. The second-order valence-corrected chi connectivity index (χ2v) is 9.93. The number of piperidine rings is 1. The largest absolute Gasteiger partial charge is 0.451 e. The van der Waals surface area contributed by atoms with Crippen LogP contribution in [0.4, 0.5) is 0 Å². The maximum absolute atomic E-state index is 13.1.